The van der Waals surface area contributed by atoms with Crippen LogP contribution in [0.25, 0.3) is 0 Å². The molecule has 0 aromatic carbocycles. The van der Waals surface area contributed by atoms with Crippen molar-refractivity contribution < 1.29 is 9.59 Å². The van der Waals surface area contributed by atoms with Crippen LogP contribution in [0.4, 0.5) is 0 Å². The van der Waals surface area contributed by atoms with E-state index in [4.69, 9.17) is 11.2 Å². The Balaban J connectivity index is 2.17. The number of hydrogen-bond donors (Lipinski definition) is 0. The molecule has 2 aliphatic rings. The number of aldehydes is 1. The van der Waals surface area contributed by atoms with Crippen molar-refractivity contribution in [2.75, 3.05) is 0 Å². The Kier molecular flexibility index (Phi) is 3.14. The van der Waals surface area contributed by atoms with Gasteiger partial charge in [-0.15, -0.1) is 0 Å². The summed E-state index contributed by atoms with van der Waals surface area (Å²) in [7, 11) is -0.553. The average Bonchev–Trinajstić information content (AvgIpc) is 2.76. The third kappa shape index (κ3) is 2.25. The van der Waals surface area contributed by atoms with E-state index in [1.165, 1.54) is 17.8 Å². The molecule has 2 heterocycles. The number of allylic oxidation sites excluding steroid dienone is 5. The Morgan fingerprint density at radius 2 is 2.00 bits per heavy atom. The van der Waals surface area contributed by atoms with Crippen LogP contribution in [-0.4, -0.2) is 11.4 Å². The molecule has 0 saturated heterocycles. The van der Waals surface area contributed by atoms with Crippen LogP contribution >= 0.6 is 11.8 Å². The first-order chi connectivity index (χ1) is 7.20. The predicted octanol–water partition coefficient (Wildman–Crippen LogP) is 1.76. The Morgan fingerprint density at radius 3 is 2.53 bits per heavy atom. The van der Waals surface area contributed by atoms with Gasteiger partial charge < -0.3 is 0 Å². The van der Waals surface area contributed by atoms with Gasteiger partial charge in [0.2, 0.25) is 5.12 Å². The summed E-state index contributed by atoms with van der Waals surface area (Å²) in [6, 6.07) is 0. The molecule has 0 aromatic heterocycles. The quantitative estimate of drug-likeness (QED) is 0.703. The maximum atomic E-state index is 11.0. The second-order valence-corrected chi connectivity index (χ2v) is 6.38. The predicted molar refractivity (Wildman–Crippen MR) is 66.8 cm³/mol. The number of hydrogen-bond acceptors (Lipinski definition) is 4. The van der Waals surface area contributed by atoms with E-state index in [2.05, 4.69) is 0 Å². The van der Waals surface area contributed by atoms with E-state index in [9.17, 15) is 9.59 Å². The van der Waals surface area contributed by atoms with E-state index in [0.29, 0.717) is 4.91 Å². The zero-order chi connectivity index (χ0) is 10.8. The van der Waals surface area contributed by atoms with Crippen LogP contribution in [0.15, 0.2) is 45.1 Å². The van der Waals surface area contributed by atoms with Gasteiger partial charge in [-0.3, -0.25) is 9.59 Å². The fourth-order valence-electron chi connectivity index (χ4n) is 1.16. The molecule has 15 heavy (non-hydrogen) atoms. The van der Waals surface area contributed by atoms with Gasteiger partial charge in [-0.1, -0.05) is 9.45 Å². The summed E-state index contributed by atoms with van der Waals surface area (Å²) in [6.07, 6.45) is 9.53. The van der Waals surface area contributed by atoms with Crippen LogP contribution in [0.5, 0.6) is 0 Å². The van der Waals surface area contributed by atoms with Gasteiger partial charge in [-0.05, 0) is 53.3 Å². The summed E-state index contributed by atoms with van der Waals surface area (Å²) in [5.74, 6) is 0. The van der Waals surface area contributed by atoms with Gasteiger partial charge in [0, 0.05) is 9.81 Å². The fourth-order valence-corrected chi connectivity index (χ4v) is 3.50. The Hall–Kier alpha value is -0.780. The lowest BCUT2D eigenvalue weighted by Gasteiger charge is -1.99. The van der Waals surface area contributed by atoms with E-state index in [-0.39, 0.29) is 5.12 Å². The van der Waals surface area contributed by atoms with Crippen LogP contribution in [0.1, 0.15) is 0 Å². The molecule has 0 spiro atoms. The molecule has 2 rings (SSSR count). The van der Waals surface area contributed by atoms with E-state index in [1.54, 1.807) is 12.2 Å². The monoisotopic (exact) mass is 254 g/mol. The first kappa shape index (κ1) is 10.7. The van der Waals surface area contributed by atoms with Gasteiger partial charge in [0.1, 0.15) is 0 Å². The molecule has 1 atom stereocenters. The van der Waals surface area contributed by atoms with Crippen molar-refractivity contribution in [2.24, 2.45) is 0 Å². The standard InChI is InChI=1S/C10H6O2S3/c11-6-9-3-2-8(15(9)13)5-7-1-4-10(12)14-7/h1-6H. The van der Waals surface area contributed by atoms with Crippen LogP contribution in [0.2, 0.25) is 0 Å². The molecule has 76 valence electrons. The second-order valence-electron chi connectivity index (χ2n) is 2.83. The molecule has 0 aliphatic carbocycles. The van der Waals surface area contributed by atoms with Crippen molar-refractivity contribution in [2.45, 2.75) is 0 Å². The van der Waals surface area contributed by atoms with E-state index in [1.807, 2.05) is 12.2 Å². The van der Waals surface area contributed by atoms with Crippen molar-refractivity contribution in [3.05, 3.63) is 45.1 Å². The molecule has 0 fully saturated rings. The first-order valence-electron chi connectivity index (χ1n) is 4.11. The zero-order valence-corrected chi connectivity index (χ0v) is 9.95. The third-order valence-electron chi connectivity index (χ3n) is 1.84. The minimum absolute atomic E-state index is 0.0349. The Morgan fingerprint density at radius 1 is 1.27 bits per heavy atom. The molecule has 0 N–H and O–H groups in total. The van der Waals surface area contributed by atoms with Gasteiger partial charge in [0.25, 0.3) is 0 Å². The fraction of sp³-hybridized carbons (Fsp3) is 0. The van der Waals surface area contributed by atoms with E-state index in [0.717, 1.165) is 16.1 Å². The molecule has 0 bridgehead atoms. The zero-order valence-electron chi connectivity index (χ0n) is 7.51. The number of rotatable bonds is 2. The molecule has 0 radical (unpaired) electrons. The van der Waals surface area contributed by atoms with Crippen molar-refractivity contribution in [1.29, 1.82) is 0 Å². The van der Waals surface area contributed by atoms with E-state index < -0.39 is 9.45 Å². The molecule has 1 unspecified atom stereocenters. The molecule has 0 aromatic rings. The number of carbonyl (C=O) groups is 2. The van der Waals surface area contributed by atoms with Crippen LogP contribution in [0.3, 0.4) is 0 Å². The Labute approximate surface area is 98.4 Å². The van der Waals surface area contributed by atoms with Crippen LogP contribution < -0.4 is 0 Å². The molecule has 0 amide bonds. The van der Waals surface area contributed by atoms with Crippen molar-refractivity contribution in [3.8, 4) is 0 Å². The first-order valence-corrected chi connectivity index (χ1v) is 7.08. The van der Waals surface area contributed by atoms with Crippen molar-refractivity contribution in [1.82, 2.24) is 0 Å². The van der Waals surface area contributed by atoms with Gasteiger partial charge in [-0.25, -0.2) is 0 Å². The highest BCUT2D eigenvalue weighted by Crippen LogP contribution is 2.29. The highest BCUT2D eigenvalue weighted by atomic mass is 32.8. The number of carbonyl (C=O) groups excluding carboxylic acids is 2. The maximum Gasteiger partial charge on any atom is 0.216 e. The lowest BCUT2D eigenvalue weighted by molar-refractivity contribution is -0.107. The Bertz CT molecular complexity index is 481. The SMILES string of the molecule is O=CC1=CC=C(C=C2C=CC(=O)S2)S1=S. The highest BCUT2D eigenvalue weighted by Gasteiger charge is 2.15. The average molecular weight is 254 g/mol. The minimum atomic E-state index is -0.553. The minimum Gasteiger partial charge on any atom is -0.297 e. The summed E-state index contributed by atoms with van der Waals surface area (Å²) in [4.78, 5) is 24.0. The summed E-state index contributed by atoms with van der Waals surface area (Å²) < 4.78 is 0. The summed E-state index contributed by atoms with van der Waals surface area (Å²) in [5.41, 5.74) is 0. The molecule has 2 nitrogen and oxygen atoms in total. The summed E-state index contributed by atoms with van der Waals surface area (Å²) in [5, 5.41) is 0.0349. The molecular formula is C10H6O2S3. The second kappa shape index (κ2) is 4.38. The highest BCUT2D eigenvalue weighted by molar-refractivity contribution is 8.33. The van der Waals surface area contributed by atoms with Crippen LogP contribution in [-0.2, 0) is 30.2 Å². The van der Waals surface area contributed by atoms with Gasteiger partial charge >= 0.3 is 0 Å². The molecular weight excluding hydrogens is 248 g/mol. The maximum absolute atomic E-state index is 11.0. The van der Waals surface area contributed by atoms with Crippen molar-refractivity contribution >= 4 is 43.8 Å². The van der Waals surface area contributed by atoms with Crippen LogP contribution in [0, 0.1) is 0 Å². The lowest BCUT2D eigenvalue weighted by Crippen LogP contribution is -1.91. The molecule has 0 saturated carbocycles. The normalized spacial score (nSPS) is 27.1. The van der Waals surface area contributed by atoms with E-state index >= 15 is 0 Å². The third-order valence-corrected chi connectivity index (χ3v) is 5.17. The topological polar surface area (TPSA) is 34.1 Å². The molecule has 5 heteroatoms. The lowest BCUT2D eigenvalue weighted by atomic mass is 10.4. The van der Waals surface area contributed by atoms with Gasteiger partial charge in [-0.2, -0.15) is 0 Å². The largest absolute Gasteiger partial charge is 0.297 e. The van der Waals surface area contributed by atoms with Crippen molar-refractivity contribution in [3.63, 3.8) is 0 Å². The number of thioether (sulfide) groups is 1. The van der Waals surface area contributed by atoms with Gasteiger partial charge in [0.15, 0.2) is 6.29 Å². The van der Waals surface area contributed by atoms with Gasteiger partial charge in [0.05, 0.1) is 4.91 Å². The smallest absolute Gasteiger partial charge is 0.216 e. The summed E-state index contributed by atoms with van der Waals surface area (Å²) in [6.45, 7) is 0. The summed E-state index contributed by atoms with van der Waals surface area (Å²) >= 11 is 6.39. The molecule has 2 aliphatic heterocycles.